The molecule has 0 radical (unpaired) electrons. The third-order valence-corrected chi connectivity index (χ3v) is 4.94. The van der Waals surface area contributed by atoms with E-state index in [1.54, 1.807) is 41.5 Å². The van der Waals surface area contributed by atoms with Crippen LogP contribution in [0.25, 0.3) is 0 Å². The minimum Gasteiger partial charge on any atom is -0.444 e. The molecule has 1 saturated heterocycles. The number of carbonyl (C=O) groups excluding carboxylic acids is 2. The number of carbonyl (C=O) groups is 2. The Balaban J connectivity index is 3.15. The smallest absolute Gasteiger partial charge is 0.410 e. The second kappa shape index (κ2) is 9.74. The Morgan fingerprint density at radius 2 is 1.62 bits per heavy atom. The average Bonchev–Trinajstić information content (AvgIpc) is 2.86. The third-order valence-electron chi connectivity index (χ3n) is 3.75. The molecule has 0 saturated carbocycles. The van der Waals surface area contributed by atoms with Gasteiger partial charge < -0.3 is 14.4 Å². The molecule has 0 bridgehead atoms. The predicted molar refractivity (Wildman–Crippen MR) is 113 cm³/mol. The molecular weight excluding hydrogens is 420 g/mol. The lowest BCUT2D eigenvalue weighted by molar-refractivity contribution is 0.00804. The molecule has 0 unspecified atom stereocenters. The highest BCUT2D eigenvalue weighted by molar-refractivity contribution is 7.98. The molecule has 1 heterocycles. The number of rotatable bonds is 6. The summed E-state index contributed by atoms with van der Waals surface area (Å²) >= 11 is 1.54. The molecule has 9 nitrogen and oxygen atoms in total. The Kier molecular flexibility index (Phi) is 8.68. The zero-order valence-corrected chi connectivity index (χ0v) is 20.2. The molecule has 0 aliphatic carbocycles. The molecule has 1 aliphatic heterocycles. The molecule has 0 spiro atoms. The number of likely N-dealkylation sites (tertiary alicyclic amines) is 1. The zero-order chi connectivity index (χ0) is 22.6. The van der Waals surface area contributed by atoms with Crippen LogP contribution < -0.4 is 0 Å². The number of amides is 2. The minimum absolute atomic E-state index is 0.00871. The largest absolute Gasteiger partial charge is 0.444 e. The van der Waals surface area contributed by atoms with Crippen LogP contribution in [-0.2, 0) is 23.8 Å². The topological polar surface area (TPSA) is 102 Å². The first kappa shape index (κ1) is 25.8. The first-order valence-electron chi connectivity index (χ1n) is 9.37. The van der Waals surface area contributed by atoms with Crippen LogP contribution in [0.1, 0.15) is 41.5 Å². The number of hydrogen-bond donors (Lipinski definition) is 0. The SMILES string of the molecule is CSCCN(C(=O)OC(C)(C)C)[C@H]1CN(C(=O)OC(C)(C)C)C[C@@H]1OS(C)(=O)=O. The van der Waals surface area contributed by atoms with Gasteiger partial charge in [-0.05, 0) is 47.8 Å². The van der Waals surface area contributed by atoms with E-state index in [9.17, 15) is 18.0 Å². The van der Waals surface area contributed by atoms with Gasteiger partial charge >= 0.3 is 12.2 Å². The highest BCUT2D eigenvalue weighted by Crippen LogP contribution is 2.25. The summed E-state index contributed by atoms with van der Waals surface area (Å²) in [6.45, 7) is 10.9. The van der Waals surface area contributed by atoms with Crippen molar-refractivity contribution in [1.29, 1.82) is 0 Å². The molecule has 0 aromatic heterocycles. The van der Waals surface area contributed by atoms with Crippen molar-refractivity contribution in [3.05, 3.63) is 0 Å². The van der Waals surface area contributed by atoms with E-state index in [4.69, 9.17) is 13.7 Å². The number of hydrogen-bond acceptors (Lipinski definition) is 8. The third kappa shape index (κ3) is 9.43. The van der Waals surface area contributed by atoms with Crippen LogP contribution in [-0.4, -0.2) is 91.7 Å². The molecule has 2 amide bonds. The van der Waals surface area contributed by atoms with Gasteiger partial charge in [-0.15, -0.1) is 0 Å². The van der Waals surface area contributed by atoms with Gasteiger partial charge in [0.25, 0.3) is 10.1 Å². The molecular formula is C18H34N2O7S2. The first-order valence-corrected chi connectivity index (χ1v) is 12.6. The van der Waals surface area contributed by atoms with Crippen LogP contribution >= 0.6 is 11.8 Å². The Morgan fingerprint density at radius 1 is 1.07 bits per heavy atom. The summed E-state index contributed by atoms with van der Waals surface area (Å²) in [5.74, 6) is 0.619. The summed E-state index contributed by atoms with van der Waals surface area (Å²) in [4.78, 5) is 28.1. The molecule has 29 heavy (non-hydrogen) atoms. The molecule has 0 N–H and O–H groups in total. The zero-order valence-electron chi connectivity index (χ0n) is 18.6. The number of thioether (sulfide) groups is 1. The minimum atomic E-state index is -3.80. The molecule has 1 fully saturated rings. The maximum atomic E-state index is 12.8. The van der Waals surface area contributed by atoms with Crippen molar-refractivity contribution in [2.24, 2.45) is 0 Å². The Labute approximate surface area is 178 Å². The second-order valence-corrected chi connectivity index (χ2v) is 11.5. The van der Waals surface area contributed by atoms with Gasteiger partial charge in [0.15, 0.2) is 0 Å². The summed E-state index contributed by atoms with van der Waals surface area (Å²) in [6.07, 6.45) is 0.770. The van der Waals surface area contributed by atoms with Crippen molar-refractivity contribution < 1.29 is 31.7 Å². The fourth-order valence-electron chi connectivity index (χ4n) is 2.75. The van der Waals surface area contributed by atoms with Gasteiger partial charge in [-0.3, -0.25) is 9.08 Å². The van der Waals surface area contributed by atoms with E-state index in [0.717, 1.165) is 6.26 Å². The monoisotopic (exact) mass is 454 g/mol. The number of nitrogens with zero attached hydrogens (tertiary/aromatic N) is 2. The van der Waals surface area contributed by atoms with Gasteiger partial charge in [0, 0.05) is 18.8 Å². The Bertz CT molecular complexity index is 683. The van der Waals surface area contributed by atoms with Gasteiger partial charge in [-0.2, -0.15) is 20.2 Å². The first-order chi connectivity index (χ1) is 13.0. The van der Waals surface area contributed by atoms with Gasteiger partial charge in [-0.25, -0.2) is 9.59 Å². The lowest BCUT2D eigenvalue weighted by atomic mass is 10.2. The quantitative estimate of drug-likeness (QED) is 0.564. The van der Waals surface area contributed by atoms with Gasteiger partial charge in [-0.1, -0.05) is 0 Å². The van der Waals surface area contributed by atoms with Crippen LogP contribution in [0.2, 0.25) is 0 Å². The van der Waals surface area contributed by atoms with Crippen molar-refractivity contribution >= 4 is 34.1 Å². The molecule has 170 valence electrons. The van der Waals surface area contributed by atoms with Crippen molar-refractivity contribution in [2.75, 3.05) is 37.9 Å². The summed E-state index contributed by atoms with van der Waals surface area (Å²) in [5.41, 5.74) is -1.42. The van der Waals surface area contributed by atoms with E-state index in [1.165, 1.54) is 21.6 Å². The standard InChI is InChI=1S/C18H34N2O7S2/c1-17(2,3)25-15(21)19-11-13(14(12-19)27-29(8,23)24)20(9-10-28-7)16(22)26-18(4,5)6/h13-14H,9-12H2,1-8H3/t13-,14-/m0/s1. The lowest BCUT2D eigenvalue weighted by Gasteiger charge is -2.33. The predicted octanol–water partition coefficient (Wildman–Crippen LogP) is 2.55. The van der Waals surface area contributed by atoms with Crippen LogP contribution in [0.4, 0.5) is 9.59 Å². The van der Waals surface area contributed by atoms with Gasteiger partial charge in [0.05, 0.1) is 18.8 Å². The van der Waals surface area contributed by atoms with E-state index in [0.29, 0.717) is 12.3 Å². The Morgan fingerprint density at radius 3 is 2.07 bits per heavy atom. The van der Waals surface area contributed by atoms with E-state index >= 15 is 0 Å². The van der Waals surface area contributed by atoms with Crippen molar-refractivity contribution in [2.45, 2.75) is 64.9 Å². The number of ether oxygens (including phenoxy) is 2. The van der Waals surface area contributed by atoms with E-state index < -0.39 is 45.7 Å². The van der Waals surface area contributed by atoms with E-state index in [1.807, 2.05) is 6.26 Å². The lowest BCUT2D eigenvalue weighted by Crippen LogP contribution is -2.50. The van der Waals surface area contributed by atoms with E-state index in [2.05, 4.69) is 0 Å². The Hall–Kier alpha value is -1.20. The summed E-state index contributed by atoms with van der Waals surface area (Å²) < 4.78 is 39.7. The molecule has 11 heteroatoms. The highest BCUT2D eigenvalue weighted by Gasteiger charge is 2.45. The highest BCUT2D eigenvalue weighted by atomic mass is 32.2. The fraction of sp³-hybridized carbons (Fsp3) is 0.889. The molecule has 1 rings (SSSR count). The van der Waals surface area contributed by atoms with Crippen LogP contribution in [0.5, 0.6) is 0 Å². The molecule has 0 aromatic carbocycles. The summed E-state index contributed by atoms with van der Waals surface area (Å²) in [5, 5.41) is 0. The molecule has 0 aromatic rings. The molecule has 1 aliphatic rings. The van der Waals surface area contributed by atoms with Crippen molar-refractivity contribution in [3.63, 3.8) is 0 Å². The van der Waals surface area contributed by atoms with E-state index in [-0.39, 0.29) is 13.1 Å². The van der Waals surface area contributed by atoms with Gasteiger partial charge in [0.2, 0.25) is 0 Å². The van der Waals surface area contributed by atoms with Crippen molar-refractivity contribution in [1.82, 2.24) is 9.80 Å². The normalized spacial score (nSPS) is 20.5. The maximum absolute atomic E-state index is 12.8. The van der Waals surface area contributed by atoms with Crippen molar-refractivity contribution in [3.8, 4) is 0 Å². The summed E-state index contributed by atoms with van der Waals surface area (Å²) in [7, 11) is -3.80. The van der Waals surface area contributed by atoms with Crippen LogP contribution in [0.3, 0.4) is 0 Å². The van der Waals surface area contributed by atoms with Gasteiger partial charge in [0.1, 0.15) is 17.3 Å². The fourth-order valence-corrected chi connectivity index (χ4v) is 3.77. The second-order valence-electron chi connectivity index (χ2n) is 8.96. The van der Waals surface area contributed by atoms with Crippen LogP contribution in [0, 0.1) is 0 Å². The molecule has 2 atom stereocenters. The van der Waals surface area contributed by atoms with Crippen LogP contribution in [0.15, 0.2) is 0 Å². The average molecular weight is 455 g/mol. The summed E-state index contributed by atoms with van der Waals surface area (Å²) in [6, 6.07) is -0.681. The maximum Gasteiger partial charge on any atom is 0.410 e.